The summed E-state index contributed by atoms with van der Waals surface area (Å²) in [6.07, 6.45) is 0.821. The van der Waals surface area contributed by atoms with Crippen molar-refractivity contribution >= 4 is 27.5 Å². The molecule has 0 aliphatic carbocycles. The molecule has 0 saturated heterocycles. The molecule has 5 heteroatoms. The molecule has 0 unspecified atom stereocenters. The minimum atomic E-state index is -0.428. The zero-order chi connectivity index (χ0) is 14.3. The Labute approximate surface area is 129 Å². The topological polar surface area (TPSA) is 35.2 Å². The average molecular weight is 357 g/mol. The van der Waals surface area contributed by atoms with Crippen molar-refractivity contribution in [1.82, 2.24) is 0 Å². The first-order valence-corrected chi connectivity index (χ1v) is 7.41. The van der Waals surface area contributed by atoms with Gasteiger partial charge in [0.15, 0.2) is 5.82 Å². The van der Waals surface area contributed by atoms with Gasteiger partial charge in [0.2, 0.25) is 0 Å². The van der Waals surface area contributed by atoms with Crippen molar-refractivity contribution in [1.29, 1.82) is 0 Å². The molecule has 0 saturated carbocycles. The van der Waals surface area contributed by atoms with Crippen LogP contribution in [0.2, 0.25) is 5.02 Å². The Hall–Kier alpha value is -1.10. The van der Waals surface area contributed by atoms with E-state index in [1.165, 1.54) is 0 Å². The molecule has 0 radical (unpaired) electrons. The van der Waals surface area contributed by atoms with E-state index in [2.05, 4.69) is 15.9 Å². The molecule has 0 spiro atoms. The van der Waals surface area contributed by atoms with Gasteiger partial charge in [0.05, 0.1) is 11.6 Å². The van der Waals surface area contributed by atoms with Gasteiger partial charge in [0, 0.05) is 28.6 Å². The first-order chi connectivity index (χ1) is 9.61. The van der Waals surface area contributed by atoms with Gasteiger partial charge in [0.1, 0.15) is 5.75 Å². The highest BCUT2D eigenvalue weighted by atomic mass is 79.9. The van der Waals surface area contributed by atoms with Crippen molar-refractivity contribution in [3.8, 4) is 16.9 Å². The Morgan fingerprint density at radius 3 is 2.90 bits per heavy atom. The highest BCUT2D eigenvalue weighted by Gasteiger charge is 2.19. The lowest BCUT2D eigenvalue weighted by atomic mass is 9.98. The predicted octanol–water partition coefficient (Wildman–Crippen LogP) is 4.30. The van der Waals surface area contributed by atoms with Gasteiger partial charge < -0.3 is 10.5 Å². The number of halogens is 3. The molecule has 1 aliphatic heterocycles. The van der Waals surface area contributed by atoms with Crippen LogP contribution in [0.5, 0.6) is 5.75 Å². The Balaban J connectivity index is 2.18. The van der Waals surface area contributed by atoms with E-state index < -0.39 is 5.82 Å². The number of hydrogen-bond acceptors (Lipinski definition) is 2. The van der Waals surface area contributed by atoms with E-state index in [9.17, 15) is 4.39 Å². The van der Waals surface area contributed by atoms with Crippen molar-refractivity contribution in [3.63, 3.8) is 0 Å². The van der Waals surface area contributed by atoms with Gasteiger partial charge in [-0.25, -0.2) is 4.39 Å². The molecular formula is C15H12BrClFNO. The monoisotopic (exact) mass is 355 g/mol. The fraction of sp³-hybridized carbons (Fsp3) is 0.200. The van der Waals surface area contributed by atoms with Crippen LogP contribution in [0, 0.1) is 5.82 Å². The fourth-order valence-electron chi connectivity index (χ4n) is 2.44. The van der Waals surface area contributed by atoms with Crippen LogP contribution in [0.15, 0.2) is 28.7 Å². The summed E-state index contributed by atoms with van der Waals surface area (Å²) < 4.78 is 20.4. The standard InChI is InChI=1S/C15H12BrClFNO/c16-12-2-1-11(14(18)13(12)17)9-5-8-3-4-20-15(8)10(6-9)7-19/h1-2,5-6H,3-4,7,19H2. The lowest BCUT2D eigenvalue weighted by Gasteiger charge is -2.11. The Bertz CT molecular complexity index is 690. The van der Waals surface area contributed by atoms with E-state index in [-0.39, 0.29) is 5.02 Å². The van der Waals surface area contributed by atoms with E-state index in [1.807, 2.05) is 12.1 Å². The number of rotatable bonds is 2. The van der Waals surface area contributed by atoms with Gasteiger partial charge in [0.25, 0.3) is 0 Å². The molecule has 0 aromatic heterocycles. The van der Waals surface area contributed by atoms with Gasteiger partial charge in [-0.1, -0.05) is 17.7 Å². The molecule has 0 bridgehead atoms. The van der Waals surface area contributed by atoms with Gasteiger partial charge in [-0.15, -0.1) is 0 Å². The summed E-state index contributed by atoms with van der Waals surface area (Å²) >= 11 is 9.17. The SMILES string of the molecule is NCc1cc(-c2ccc(Br)c(Cl)c2F)cc2c1OCC2. The van der Waals surface area contributed by atoms with E-state index in [1.54, 1.807) is 12.1 Å². The third kappa shape index (κ3) is 2.22. The van der Waals surface area contributed by atoms with E-state index in [4.69, 9.17) is 22.1 Å². The van der Waals surface area contributed by atoms with E-state index in [0.717, 1.165) is 28.9 Å². The highest BCUT2D eigenvalue weighted by Crippen LogP contribution is 2.38. The molecule has 0 atom stereocenters. The van der Waals surface area contributed by atoms with Crippen LogP contribution in [-0.2, 0) is 13.0 Å². The van der Waals surface area contributed by atoms with E-state index >= 15 is 0 Å². The van der Waals surface area contributed by atoms with Crippen LogP contribution >= 0.6 is 27.5 Å². The maximum absolute atomic E-state index is 14.3. The second-order valence-corrected chi connectivity index (χ2v) is 5.88. The number of benzene rings is 2. The van der Waals surface area contributed by atoms with Crippen LogP contribution in [0.3, 0.4) is 0 Å². The minimum absolute atomic E-state index is 0.0912. The fourth-order valence-corrected chi connectivity index (χ4v) is 2.92. The van der Waals surface area contributed by atoms with Gasteiger partial charge in [-0.3, -0.25) is 0 Å². The Kier molecular flexibility index (Phi) is 3.71. The molecule has 1 aliphatic rings. The van der Waals surface area contributed by atoms with Crippen LogP contribution in [0.1, 0.15) is 11.1 Å². The van der Waals surface area contributed by atoms with Crippen LogP contribution in [0.4, 0.5) is 4.39 Å². The predicted molar refractivity (Wildman–Crippen MR) is 81.6 cm³/mol. The van der Waals surface area contributed by atoms with Crippen molar-refractivity contribution in [2.75, 3.05) is 6.61 Å². The summed E-state index contributed by atoms with van der Waals surface area (Å²) in [5, 5.41) is 0.0912. The van der Waals surface area contributed by atoms with Gasteiger partial charge in [-0.2, -0.15) is 0 Å². The zero-order valence-corrected chi connectivity index (χ0v) is 12.9. The molecular weight excluding hydrogens is 345 g/mol. The summed E-state index contributed by atoms with van der Waals surface area (Å²) in [6, 6.07) is 7.27. The zero-order valence-electron chi connectivity index (χ0n) is 10.6. The van der Waals surface area contributed by atoms with Gasteiger partial charge in [-0.05, 0) is 45.3 Å². The van der Waals surface area contributed by atoms with Crippen molar-refractivity contribution in [2.24, 2.45) is 5.73 Å². The minimum Gasteiger partial charge on any atom is -0.493 e. The molecule has 2 N–H and O–H groups in total. The summed E-state index contributed by atoms with van der Waals surface area (Å²) in [5.41, 5.74) is 8.98. The number of hydrogen-bond donors (Lipinski definition) is 1. The van der Waals surface area contributed by atoms with Gasteiger partial charge >= 0.3 is 0 Å². The second kappa shape index (κ2) is 5.35. The normalized spacial score (nSPS) is 13.2. The van der Waals surface area contributed by atoms with Crippen LogP contribution in [0.25, 0.3) is 11.1 Å². The Morgan fingerprint density at radius 1 is 1.35 bits per heavy atom. The van der Waals surface area contributed by atoms with Crippen LogP contribution < -0.4 is 10.5 Å². The molecule has 2 nitrogen and oxygen atoms in total. The first kappa shape index (κ1) is 13.9. The number of nitrogens with two attached hydrogens (primary N) is 1. The molecule has 3 rings (SSSR count). The molecule has 2 aromatic carbocycles. The number of ether oxygens (including phenoxy) is 1. The molecule has 1 heterocycles. The van der Waals surface area contributed by atoms with Crippen molar-refractivity contribution in [3.05, 3.63) is 50.7 Å². The maximum Gasteiger partial charge on any atom is 0.150 e. The Morgan fingerprint density at radius 2 is 2.15 bits per heavy atom. The average Bonchev–Trinajstić information content (AvgIpc) is 2.92. The van der Waals surface area contributed by atoms with Crippen LogP contribution in [-0.4, -0.2) is 6.61 Å². The third-order valence-electron chi connectivity index (χ3n) is 3.43. The maximum atomic E-state index is 14.3. The molecule has 20 heavy (non-hydrogen) atoms. The molecule has 0 fully saturated rings. The molecule has 2 aromatic rings. The molecule has 0 amide bonds. The summed E-state index contributed by atoms with van der Waals surface area (Å²) in [6.45, 7) is 1.01. The highest BCUT2D eigenvalue weighted by molar-refractivity contribution is 9.10. The smallest absolute Gasteiger partial charge is 0.150 e. The lowest BCUT2D eigenvalue weighted by molar-refractivity contribution is 0.353. The first-order valence-electron chi connectivity index (χ1n) is 6.24. The van der Waals surface area contributed by atoms with Crippen molar-refractivity contribution in [2.45, 2.75) is 13.0 Å². The van der Waals surface area contributed by atoms with E-state index in [0.29, 0.717) is 23.2 Å². The quantitative estimate of drug-likeness (QED) is 0.814. The summed E-state index contributed by atoms with van der Waals surface area (Å²) in [5.74, 6) is 0.419. The van der Waals surface area contributed by atoms with Crippen molar-refractivity contribution < 1.29 is 9.13 Å². The number of fused-ring (bicyclic) bond motifs is 1. The second-order valence-electron chi connectivity index (χ2n) is 4.65. The largest absolute Gasteiger partial charge is 0.493 e. The third-order valence-corrected chi connectivity index (χ3v) is 4.69. The summed E-state index contributed by atoms with van der Waals surface area (Å²) in [4.78, 5) is 0. The lowest BCUT2D eigenvalue weighted by Crippen LogP contribution is -2.00. The molecule has 104 valence electrons. The summed E-state index contributed by atoms with van der Waals surface area (Å²) in [7, 11) is 0.